The molecule has 1 N–H and O–H groups in total. The molecule has 0 aliphatic carbocycles. The van der Waals surface area contributed by atoms with E-state index in [9.17, 15) is 4.79 Å². The lowest BCUT2D eigenvalue weighted by molar-refractivity contribution is -0.128. The Bertz CT molecular complexity index is 586. The normalized spacial score (nSPS) is 12.0. The van der Waals surface area contributed by atoms with Gasteiger partial charge in [-0.05, 0) is 12.5 Å². The molecule has 0 unspecified atom stereocenters. The number of nitrogens with zero attached hydrogens (tertiary/aromatic N) is 3. The highest BCUT2D eigenvalue weighted by Gasteiger charge is 2.25. The van der Waals surface area contributed by atoms with Crippen molar-refractivity contribution in [3.05, 3.63) is 35.9 Å². The molecule has 1 heterocycles. The maximum atomic E-state index is 12.4. The number of anilines is 1. The molecular weight excluding hydrogens is 304 g/mol. The molecule has 1 aromatic carbocycles. The lowest BCUT2D eigenvalue weighted by Crippen LogP contribution is -2.26. The lowest BCUT2D eigenvalue weighted by atomic mass is 10.1. The van der Waals surface area contributed by atoms with Crippen molar-refractivity contribution in [3.8, 4) is 0 Å². The van der Waals surface area contributed by atoms with Gasteiger partial charge in [-0.3, -0.25) is 4.79 Å². The smallest absolute Gasteiger partial charge is 0.240 e. The average molecular weight is 322 g/mol. The fraction of sp³-hybridized carbons (Fsp3) is 0.357. The summed E-state index contributed by atoms with van der Waals surface area (Å²) < 4.78 is 0.787. The lowest BCUT2D eigenvalue weighted by Gasteiger charge is -2.19. The molecule has 7 heteroatoms. The molecule has 0 bridgehead atoms. The number of carbonyl (C=O) groups excluding carboxylic acids is 1. The predicted octanol–water partition coefficient (Wildman–Crippen LogP) is 2.89. The van der Waals surface area contributed by atoms with E-state index in [4.69, 9.17) is 0 Å². The number of benzene rings is 1. The van der Waals surface area contributed by atoms with Crippen LogP contribution in [0.15, 0.2) is 34.7 Å². The Morgan fingerprint density at radius 1 is 1.33 bits per heavy atom. The largest absolute Gasteiger partial charge is 0.360 e. The molecule has 5 nitrogen and oxygen atoms in total. The Morgan fingerprint density at radius 3 is 2.67 bits per heavy atom. The Balaban J connectivity index is 2.21. The molecule has 21 heavy (non-hydrogen) atoms. The second kappa shape index (κ2) is 7.42. The van der Waals surface area contributed by atoms with Gasteiger partial charge in [0, 0.05) is 20.6 Å². The number of amides is 1. The van der Waals surface area contributed by atoms with Gasteiger partial charge in [0.2, 0.25) is 11.0 Å². The van der Waals surface area contributed by atoms with Crippen molar-refractivity contribution >= 4 is 34.1 Å². The summed E-state index contributed by atoms with van der Waals surface area (Å²) in [5, 5.41) is 11.8. The van der Waals surface area contributed by atoms with Gasteiger partial charge in [0.05, 0.1) is 0 Å². The quantitative estimate of drug-likeness (QED) is 0.829. The maximum absolute atomic E-state index is 12.4. The van der Waals surface area contributed by atoms with Crippen LogP contribution in [0.1, 0.15) is 17.7 Å². The van der Waals surface area contributed by atoms with E-state index in [1.807, 2.05) is 37.3 Å². The highest BCUT2D eigenvalue weighted by Crippen LogP contribution is 2.38. The third kappa shape index (κ3) is 4.18. The zero-order valence-corrected chi connectivity index (χ0v) is 13.9. The molecule has 0 aliphatic heterocycles. The van der Waals surface area contributed by atoms with Crippen molar-refractivity contribution in [1.82, 2.24) is 15.1 Å². The van der Waals surface area contributed by atoms with E-state index in [1.165, 1.54) is 23.1 Å². The monoisotopic (exact) mass is 322 g/mol. The van der Waals surface area contributed by atoms with Crippen LogP contribution >= 0.6 is 23.1 Å². The molecule has 0 radical (unpaired) electrons. The molecule has 0 fully saturated rings. The molecule has 0 aliphatic rings. The van der Waals surface area contributed by atoms with Crippen LogP contribution in [0.5, 0.6) is 0 Å². The molecule has 2 rings (SSSR count). The number of hydrogen-bond acceptors (Lipinski definition) is 6. The number of nitrogens with one attached hydrogen (secondary N) is 1. The summed E-state index contributed by atoms with van der Waals surface area (Å²) in [6.07, 6.45) is 0. The topological polar surface area (TPSA) is 58.1 Å². The van der Waals surface area contributed by atoms with Crippen molar-refractivity contribution in [2.45, 2.75) is 16.5 Å². The van der Waals surface area contributed by atoms with Gasteiger partial charge < -0.3 is 10.2 Å². The van der Waals surface area contributed by atoms with Crippen molar-refractivity contribution < 1.29 is 4.79 Å². The van der Waals surface area contributed by atoms with Crippen molar-refractivity contribution in [2.24, 2.45) is 0 Å². The number of likely N-dealkylation sites (N-methyl/N-ethyl adjacent to an activating group) is 1. The van der Waals surface area contributed by atoms with Gasteiger partial charge in [0.15, 0.2) is 4.34 Å². The van der Waals surface area contributed by atoms with Gasteiger partial charge in [-0.2, -0.15) is 0 Å². The molecule has 1 amide bonds. The van der Waals surface area contributed by atoms with Gasteiger partial charge in [0.25, 0.3) is 0 Å². The van der Waals surface area contributed by atoms with Crippen molar-refractivity contribution in [1.29, 1.82) is 0 Å². The van der Waals surface area contributed by atoms with Crippen molar-refractivity contribution in [2.75, 3.05) is 26.0 Å². The summed E-state index contributed by atoms with van der Waals surface area (Å²) >= 11 is 2.91. The number of hydrogen-bond donors (Lipinski definition) is 1. The maximum Gasteiger partial charge on any atom is 0.240 e. The Kier molecular flexibility index (Phi) is 5.58. The Morgan fingerprint density at radius 2 is 2.05 bits per heavy atom. The zero-order valence-electron chi connectivity index (χ0n) is 12.2. The summed E-state index contributed by atoms with van der Waals surface area (Å²) in [5.74, 6) is 0.0476. The van der Waals surface area contributed by atoms with E-state index in [1.54, 1.807) is 19.0 Å². The van der Waals surface area contributed by atoms with Gasteiger partial charge in [0.1, 0.15) is 5.25 Å². The highest BCUT2D eigenvalue weighted by molar-refractivity contribution is 8.01. The summed E-state index contributed by atoms with van der Waals surface area (Å²) in [5.41, 5.74) is 0.974. The summed E-state index contributed by atoms with van der Waals surface area (Å²) in [7, 11) is 3.53. The second-order valence-corrected chi connectivity index (χ2v) is 6.87. The fourth-order valence-electron chi connectivity index (χ4n) is 1.70. The van der Waals surface area contributed by atoms with Gasteiger partial charge in [-0.25, -0.2) is 0 Å². The standard InChI is InChI=1S/C14H18N4OS2/c1-4-15-13-16-17-14(21-13)20-11(12(19)18(2)3)10-8-6-5-7-9-10/h5-9,11H,4H2,1-3H3,(H,15,16)/t11-/m0/s1. The van der Waals surface area contributed by atoms with Gasteiger partial charge in [-0.15, -0.1) is 10.2 Å². The van der Waals surface area contributed by atoms with Crippen LogP contribution in [0, 0.1) is 0 Å². The SMILES string of the molecule is CCNc1nnc(S[C@H](C(=O)N(C)C)c2ccccc2)s1. The first-order valence-electron chi connectivity index (χ1n) is 6.62. The van der Waals surface area contributed by atoms with Crippen LogP contribution in [0.25, 0.3) is 0 Å². The number of thioether (sulfide) groups is 1. The van der Waals surface area contributed by atoms with Crippen LogP contribution in [0.3, 0.4) is 0 Å². The first-order valence-corrected chi connectivity index (χ1v) is 8.31. The fourth-order valence-corrected chi connectivity index (χ4v) is 3.86. The van der Waals surface area contributed by atoms with Crippen molar-refractivity contribution in [3.63, 3.8) is 0 Å². The van der Waals surface area contributed by atoms with Crippen LogP contribution < -0.4 is 5.32 Å². The van der Waals surface area contributed by atoms with Gasteiger partial charge >= 0.3 is 0 Å². The van der Waals surface area contributed by atoms with Gasteiger partial charge in [-0.1, -0.05) is 53.4 Å². The first-order chi connectivity index (χ1) is 10.1. The molecule has 0 spiro atoms. The van der Waals surface area contributed by atoms with Crippen LogP contribution in [-0.2, 0) is 4.79 Å². The number of aromatic nitrogens is 2. The Labute approximate surface area is 132 Å². The van der Waals surface area contributed by atoms with Crippen LogP contribution in [0.2, 0.25) is 0 Å². The third-order valence-corrected chi connectivity index (χ3v) is 4.93. The van der Waals surface area contributed by atoms with E-state index >= 15 is 0 Å². The molecule has 0 saturated heterocycles. The average Bonchev–Trinajstić information content (AvgIpc) is 2.93. The molecule has 2 aromatic rings. The second-order valence-electron chi connectivity index (χ2n) is 4.54. The molecule has 112 valence electrons. The van der Waals surface area contributed by atoms with E-state index in [2.05, 4.69) is 15.5 Å². The predicted molar refractivity (Wildman–Crippen MR) is 87.8 cm³/mol. The third-order valence-electron chi connectivity index (χ3n) is 2.72. The summed E-state index contributed by atoms with van der Waals surface area (Å²) in [4.78, 5) is 14.0. The highest BCUT2D eigenvalue weighted by atomic mass is 32.2. The minimum absolute atomic E-state index is 0.0476. The molecule has 1 atom stereocenters. The van der Waals surface area contributed by atoms with E-state index < -0.39 is 0 Å². The van der Waals surface area contributed by atoms with Crippen LogP contribution in [-0.4, -0.2) is 41.6 Å². The van der Waals surface area contributed by atoms with E-state index in [0.29, 0.717) is 0 Å². The molecular formula is C14H18N4OS2. The molecule has 0 saturated carbocycles. The minimum Gasteiger partial charge on any atom is -0.360 e. The number of rotatable bonds is 6. The first kappa shape index (κ1) is 15.8. The van der Waals surface area contributed by atoms with Crippen LogP contribution in [0.4, 0.5) is 5.13 Å². The van der Waals surface area contributed by atoms with E-state index in [0.717, 1.165) is 21.6 Å². The summed E-state index contributed by atoms with van der Waals surface area (Å²) in [6, 6.07) is 9.75. The minimum atomic E-state index is -0.302. The Hall–Kier alpha value is -1.60. The molecule has 1 aromatic heterocycles. The number of carbonyl (C=O) groups is 1. The summed E-state index contributed by atoms with van der Waals surface area (Å²) in [6.45, 7) is 2.81. The van der Waals surface area contributed by atoms with E-state index in [-0.39, 0.29) is 11.2 Å². The zero-order chi connectivity index (χ0) is 15.2.